The summed E-state index contributed by atoms with van der Waals surface area (Å²) in [6.07, 6.45) is 15.2. The van der Waals surface area contributed by atoms with Gasteiger partial charge in [-0.05, 0) is 38.4 Å². The van der Waals surface area contributed by atoms with Crippen LogP contribution in [0.2, 0.25) is 0 Å². The van der Waals surface area contributed by atoms with Gasteiger partial charge in [0.1, 0.15) is 0 Å². The largest absolute Gasteiger partial charge is 0.309 e. The molecule has 2 rings (SSSR count). The molecule has 1 saturated carbocycles. The van der Waals surface area contributed by atoms with Crippen LogP contribution < -0.4 is 5.32 Å². The van der Waals surface area contributed by atoms with E-state index in [9.17, 15) is 0 Å². The molecule has 0 heterocycles. The second-order valence-electron chi connectivity index (χ2n) is 4.59. The van der Waals surface area contributed by atoms with Crippen LogP contribution in [0.15, 0.2) is 12.2 Å². The maximum atomic E-state index is 3.71. The lowest BCUT2D eigenvalue weighted by atomic mass is 9.84. The molecule has 0 spiro atoms. The van der Waals surface area contributed by atoms with Gasteiger partial charge in [-0.2, -0.15) is 11.8 Å². The van der Waals surface area contributed by atoms with E-state index in [1.54, 1.807) is 0 Å². The van der Waals surface area contributed by atoms with Gasteiger partial charge in [0.2, 0.25) is 0 Å². The van der Waals surface area contributed by atoms with Crippen LogP contribution in [0.5, 0.6) is 0 Å². The molecule has 2 aliphatic rings. The molecule has 80 valence electrons. The van der Waals surface area contributed by atoms with Crippen LogP contribution in [-0.4, -0.2) is 23.6 Å². The van der Waals surface area contributed by atoms with Crippen LogP contribution in [0.1, 0.15) is 38.5 Å². The molecule has 2 aliphatic carbocycles. The number of nitrogens with one attached hydrogen (secondary N) is 1. The SMILES string of the molecule is CSC1(CNC2C=CCCC2)CCC1. The fraction of sp³-hybridized carbons (Fsp3) is 0.833. The topological polar surface area (TPSA) is 12.0 Å². The minimum Gasteiger partial charge on any atom is -0.309 e. The molecule has 1 N–H and O–H groups in total. The molecular weight excluding hydrogens is 190 g/mol. The Balaban J connectivity index is 1.75. The first kappa shape index (κ1) is 10.6. The highest BCUT2D eigenvalue weighted by Gasteiger charge is 2.35. The Morgan fingerprint density at radius 3 is 2.79 bits per heavy atom. The summed E-state index contributed by atoms with van der Waals surface area (Å²) in [7, 11) is 0. The lowest BCUT2D eigenvalue weighted by molar-refractivity contribution is 0.333. The Kier molecular flexibility index (Phi) is 3.56. The number of allylic oxidation sites excluding steroid dienone is 1. The molecule has 0 aromatic carbocycles. The molecule has 1 nitrogen and oxygen atoms in total. The van der Waals surface area contributed by atoms with E-state index in [1.165, 1.54) is 45.1 Å². The number of hydrogen-bond donors (Lipinski definition) is 1. The molecule has 0 aromatic heterocycles. The molecular formula is C12H21NS. The quantitative estimate of drug-likeness (QED) is 0.718. The standard InChI is InChI=1S/C12H21NS/c1-14-12(8-5-9-12)10-13-11-6-3-2-4-7-11/h3,6,11,13H,2,4-5,7-10H2,1H3. The first-order valence-electron chi connectivity index (χ1n) is 5.80. The van der Waals surface area contributed by atoms with Crippen LogP contribution in [0.3, 0.4) is 0 Å². The zero-order valence-electron chi connectivity index (χ0n) is 9.09. The minimum absolute atomic E-state index is 0.589. The molecule has 0 saturated heterocycles. The molecule has 0 aromatic rings. The molecule has 0 aliphatic heterocycles. The van der Waals surface area contributed by atoms with Crippen molar-refractivity contribution in [3.63, 3.8) is 0 Å². The third-order valence-corrected chi connectivity index (χ3v) is 5.06. The maximum Gasteiger partial charge on any atom is 0.0281 e. The summed E-state index contributed by atoms with van der Waals surface area (Å²) in [4.78, 5) is 0. The van der Waals surface area contributed by atoms with Gasteiger partial charge < -0.3 is 5.32 Å². The minimum atomic E-state index is 0.589. The van der Waals surface area contributed by atoms with Crippen molar-refractivity contribution in [2.75, 3.05) is 12.8 Å². The summed E-state index contributed by atoms with van der Waals surface area (Å²) in [5, 5.41) is 3.71. The van der Waals surface area contributed by atoms with Crippen molar-refractivity contribution in [2.45, 2.75) is 49.3 Å². The smallest absolute Gasteiger partial charge is 0.0281 e. The fourth-order valence-corrected chi connectivity index (χ4v) is 3.25. The summed E-state index contributed by atoms with van der Waals surface area (Å²) >= 11 is 2.06. The predicted molar refractivity (Wildman–Crippen MR) is 64.9 cm³/mol. The molecule has 0 bridgehead atoms. The average molecular weight is 211 g/mol. The second-order valence-corrected chi connectivity index (χ2v) is 5.86. The van der Waals surface area contributed by atoms with Crippen molar-refractivity contribution < 1.29 is 0 Å². The third kappa shape index (κ3) is 2.34. The van der Waals surface area contributed by atoms with Gasteiger partial charge in [-0.25, -0.2) is 0 Å². The summed E-state index contributed by atoms with van der Waals surface area (Å²) in [5.74, 6) is 0. The van der Waals surface area contributed by atoms with Gasteiger partial charge in [0.05, 0.1) is 0 Å². The molecule has 1 fully saturated rings. The van der Waals surface area contributed by atoms with E-state index < -0.39 is 0 Å². The van der Waals surface area contributed by atoms with Gasteiger partial charge in [0.25, 0.3) is 0 Å². The molecule has 0 amide bonds. The zero-order valence-corrected chi connectivity index (χ0v) is 9.91. The van der Waals surface area contributed by atoms with Crippen LogP contribution in [-0.2, 0) is 0 Å². The molecule has 0 radical (unpaired) electrons. The molecule has 1 unspecified atom stereocenters. The molecule has 1 atom stereocenters. The van der Waals surface area contributed by atoms with Crippen LogP contribution >= 0.6 is 11.8 Å². The maximum absolute atomic E-state index is 3.71. The molecule has 14 heavy (non-hydrogen) atoms. The zero-order chi connectivity index (χ0) is 9.86. The van der Waals surface area contributed by atoms with E-state index in [4.69, 9.17) is 0 Å². The number of rotatable bonds is 4. The van der Waals surface area contributed by atoms with E-state index >= 15 is 0 Å². The van der Waals surface area contributed by atoms with Crippen molar-refractivity contribution >= 4 is 11.8 Å². The van der Waals surface area contributed by atoms with Gasteiger partial charge in [0, 0.05) is 17.3 Å². The summed E-state index contributed by atoms with van der Waals surface area (Å²) in [6.45, 7) is 1.21. The Labute approximate surface area is 91.7 Å². The monoisotopic (exact) mass is 211 g/mol. The highest BCUT2D eigenvalue weighted by atomic mass is 32.2. The van der Waals surface area contributed by atoms with Gasteiger partial charge in [-0.15, -0.1) is 0 Å². The van der Waals surface area contributed by atoms with E-state index in [-0.39, 0.29) is 0 Å². The Morgan fingerprint density at radius 2 is 2.29 bits per heavy atom. The van der Waals surface area contributed by atoms with Crippen LogP contribution in [0.25, 0.3) is 0 Å². The Morgan fingerprint density at radius 1 is 1.43 bits per heavy atom. The van der Waals surface area contributed by atoms with Crippen LogP contribution in [0.4, 0.5) is 0 Å². The Hall–Kier alpha value is 0.0500. The lowest BCUT2D eigenvalue weighted by Gasteiger charge is -2.41. The Bertz CT molecular complexity index is 203. The predicted octanol–water partition coefficient (Wildman–Crippen LogP) is 2.97. The van der Waals surface area contributed by atoms with Gasteiger partial charge in [0.15, 0.2) is 0 Å². The highest BCUT2D eigenvalue weighted by Crippen LogP contribution is 2.42. The summed E-state index contributed by atoms with van der Waals surface area (Å²) < 4.78 is 0.589. The summed E-state index contributed by atoms with van der Waals surface area (Å²) in [5.41, 5.74) is 0. The lowest BCUT2D eigenvalue weighted by Crippen LogP contribution is -2.46. The van der Waals surface area contributed by atoms with E-state index in [0.717, 1.165) is 0 Å². The second kappa shape index (κ2) is 4.71. The fourth-order valence-electron chi connectivity index (χ4n) is 2.32. The van der Waals surface area contributed by atoms with Crippen molar-refractivity contribution in [2.24, 2.45) is 0 Å². The number of thioether (sulfide) groups is 1. The van der Waals surface area contributed by atoms with Crippen molar-refractivity contribution in [3.8, 4) is 0 Å². The van der Waals surface area contributed by atoms with Gasteiger partial charge in [-0.1, -0.05) is 18.6 Å². The van der Waals surface area contributed by atoms with E-state index in [1.807, 2.05) is 0 Å². The normalized spacial score (nSPS) is 29.9. The van der Waals surface area contributed by atoms with Crippen LogP contribution in [0, 0.1) is 0 Å². The third-order valence-electron chi connectivity index (χ3n) is 3.64. The first-order valence-corrected chi connectivity index (χ1v) is 7.02. The van der Waals surface area contributed by atoms with Crippen molar-refractivity contribution in [1.82, 2.24) is 5.32 Å². The summed E-state index contributed by atoms with van der Waals surface area (Å²) in [6, 6.07) is 0.661. The van der Waals surface area contributed by atoms with Crippen molar-refractivity contribution in [1.29, 1.82) is 0 Å². The van der Waals surface area contributed by atoms with Gasteiger partial charge >= 0.3 is 0 Å². The van der Waals surface area contributed by atoms with E-state index in [2.05, 4.69) is 35.5 Å². The van der Waals surface area contributed by atoms with Gasteiger partial charge in [-0.3, -0.25) is 0 Å². The van der Waals surface area contributed by atoms with E-state index in [0.29, 0.717) is 10.8 Å². The first-order chi connectivity index (χ1) is 6.85. The number of hydrogen-bond acceptors (Lipinski definition) is 2. The molecule has 2 heteroatoms. The highest BCUT2D eigenvalue weighted by molar-refractivity contribution is 8.00. The van der Waals surface area contributed by atoms with Crippen molar-refractivity contribution in [3.05, 3.63) is 12.2 Å². The average Bonchev–Trinajstić information content (AvgIpc) is 2.19.